The van der Waals surface area contributed by atoms with E-state index in [4.69, 9.17) is 69.6 Å². The highest BCUT2D eigenvalue weighted by Gasteiger charge is 2.34. The molecule has 0 unspecified atom stereocenters. The number of carbonyl (C=O) groups excluding carboxylic acids is 2. The van der Waals surface area contributed by atoms with Gasteiger partial charge in [-0.1, -0.05) is 69.6 Å². The zero-order chi connectivity index (χ0) is 18.1. The highest BCUT2D eigenvalue weighted by molar-refractivity contribution is 7.90. The van der Waals surface area contributed by atoms with E-state index in [-0.39, 0.29) is 10.6 Å². The Bertz CT molecular complexity index is 708. The number of hydrogen-bond donors (Lipinski definition) is 2. The Morgan fingerprint density at radius 2 is 1.26 bits per heavy atom. The largest absolute Gasteiger partial charge is 0.322 e. The summed E-state index contributed by atoms with van der Waals surface area (Å²) in [6.07, 6.45) is 0. The predicted molar refractivity (Wildman–Crippen MR) is 91.0 cm³/mol. The zero-order valence-corrected chi connectivity index (χ0v) is 16.0. The van der Waals surface area contributed by atoms with E-state index in [2.05, 4.69) is 5.32 Å². The molecule has 0 aliphatic carbocycles. The summed E-state index contributed by atoms with van der Waals surface area (Å²) in [4.78, 5) is 22.5. The SMILES string of the molecule is O=C(Nc1ccc(S(=O)(=O)NC(=O)C(Cl)(Cl)Cl)cc1)C(Cl)(Cl)Cl. The van der Waals surface area contributed by atoms with Gasteiger partial charge in [-0.15, -0.1) is 0 Å². The van der Waals surface area contributed by atoms with E-state index in [1.54, 1.807) is 4.72 Å². The van der Waals surface area contributed by atoms with E-state index in [1.807, 2.05) is 0 Å². The smallest absolute Gasteiger partial charge is 0.285 e. The Morgan fingerprint density at radius 1 is 0.826 bits per heavy atom. The maximum atomic E-state index is 11.9. The second-order valence-electron chi connectivity index (χ2n) is 3.91. The number of nitrogens with one attached hydrogen (secondary N) is 2. The Kier molecular flexibility index (Phi) is 6.71. The van der Waals surface area contributed by atoms with Crippen LogP contribution in [0.3, 0.4) is 0 Å². The minimum atomic E-state index is -4.26. The van der Waals surface area contributed by atoms with E-state index < -0.39 is 29.4 Å². The highest BCUT2D eigenvalue weighted by atomic mass is 35.6. The Balaban J connectivity index is 2.92. The summed E-state index contributed by atoms with van der Waals surface area (Å²) in [6, 6.07) is 4.59. The molecule has 0 radical (unpaired) electrons. The second kappa shape index (κ2) is 7.39. The number of alkyl halides is 6. The first-order chi connectivity index (χ1) is 10.2. The summed E-state index contributed by atoms with van der Waals surface area (Å²) >= 11 is 31.9. The quantitative estimate of drug-likeness (QED) is 0.675. The van der Waals surface area contributed by atoms with Crippen LogP contribution < -0.4 is 10.0 Å². The van der Waals surface area contributed by atoms with Crippen LogP contribution in [0.1, 0.15) is 0 Å². The number of halogens is 6. The van der Waals surface area contributed by atoms with Gasteiger partial charge in [0.25, 0.3) is 29.4 Å². The van der Waals surface area contributed by atoms with Gasteiger partial charge in [-0.3, -0.25) is 9.59 Å². The molecule has 0 atom stereocenters. The van der Waals surface area contributed by atoms with Crippen LogP contribution in [0, 0.1) is 0 Å². The third-order valence-corrected chi connectivity index (χ3v) is 4.54. The van der Waals surface area contributed by atoms with Gasteiger partial charge in [-0.2, -0.15) is 0 Å². The van der Waals surface area contributed by atoms with Gasteiger partial charge in [-0.25, -0.2) is 13.1 Å². The molecule has 1 aromatic carbocycles. The van der Waals surface area contributed by atoms with E-state index in [1.165, 1.54) is 12.1 Å². The first kappa shape index (κ1) is 20.9. The second-order valence-corrected chi connectivity index (χ2v) is 10.2. The van der Waals surface area contributed by atoms with Crippen molar-refractivity contribution < 1.29 is 18.0 Å². The van der Waals surface area contributed by atoms with Crippen molar-refractivity contribution in [3.63, 3.8) is 0 Å². The number of anilines is 1. The zero-order valence-electron chi connectivity index (χ0n) is 10.6. The van der Waals surface area contributed by atoms with Crippen LogP contribution in [0.25, 0.3) is 0 Å². The van der Waals surface area contributed by atoms with Gasteiger partial charge < -0.3 is 5.32 Å². The van der Waals surface area contributed by atoms with Crippen molar-refractivity contribution in [2.75, 3.05) is 5.32 Å². The molecule has 2 amide bonds. The van der Waals surface area contributed by atoms with Crippen LogP contribution in [0.4, 0.5) is 5.69 Å². The maximum Gasteiger partial charge on any atom is 0.285 e. The molecule has 13 heteroatoms. The topological polar surface area (TPSA) is 92.3 Å². The molecule has 0 heterocycles. The van der Waals surface area contributed by atoms with E-state index in [9.17, 15) is 18.0 Å². The summed E-state index contributed by atoms with van der Waals surface area (Å²) < 4.78 is 20.8. The molecule has 1 rings (SSSR count). The molecule has 0 aliphatic rings. The number of benzene rings is 1. The average Bonchev–Trinajstić information content (AvgIpc) is 2.36. The Hall–Kier alpha value is -0.150. The fourth-order valence-corrected chi connectivity index (χ4v) is 2.62. The molecule has 0 fully saturated rings. The fourth-order valence-electron chi connectivity index (χ4n) is 1.16. The average molecular weight is 463 g/mol. The lowest BCUT2D eigenvalue weighted by atomic mass is 10.3. The molecular weight excluding hydrogens is 457 g/mol. The Morgan fingerprint density at radius 3 is 1.65 bits per heavy atom. The standard InChI is InChI=1S/C10H6Cl6N2O4S/c11-9(12,13)7(19)17-5-1-3-6(4-2-5)23(21,22)18-8(20)10(14,15)16/h1-4H,(H,17,19)(H,18,20). The molecule has 0 saturated heterocycles. The van der Waals surface area contributed by atoms with Gasteiger partial charge in [-0.05, 0) is 24.3 Å². The molecule has 0 aromatic heterocycles. The normalized spacial score (nSPS) is 12.6. The van der Waals surface area contributed by atoms with Crippen LogP contribution in [-0.4, -0.2) is 27.8 Å². The van der Waals surface area contributed by atoms with Gasteiger partial charge in [0.2, 0.25) is 0 Å². The molecular formula is C10H6Cl6N2O4S. The van der Waals surface area contributed by atoms with Crippen molar-refractivity contribution in [2.45, 2.75) is 12.5 Å². The molecule has 2 N–H and O–H groups in total. The minimum Gasteiger partial charge on any atom is -0.322 e. The molecule has 128 valence electrons. The first-order valence-electron chi connectivity index (χ1n) is 5.36. The van der Waals surface area contributed by atoms with E-state index >= 15 is 0 Å². The lowest BCUT2D eigenvalue weighted by Gasteiger charge is -2.13. The highest BCUT2D eigenvalue weighted by Crippen LogP contribution is 2.28. The van der Waals surface area contributed by atoms with E-state index in [0.717, 1.165) is 12.1 Å². The van der Waals surface area contributed by atoms with E-state index in [0.29, 0.717) is 0 Å². The summed E-state index contributed by atoms with van der Waals surface area (Å²) in [5.41, 5.74) is 0.160. The molecule has 23 heavy (non-hydrogen) atoms. The first-order valence-corrected chi connectivity index (χ1v) is 9.11. The van der Waals surface area contributed by atoms with Gasteiger partial charge in [0, 0.05) is 5.69 Å². The number of sulfonamides is 1. The summed E-state index contributed by atoms with van der Waals surface area (Å²) in [7, 11) is -4.26. The minimum absolute atomic E-state index is 0.160. The third kappa shape index (κ3) is 6.34. The van der Waals surface area contributed by atoms with Crippen LogP contribution in [-0.2, 0) is 19.6 Å². The molecule has 6 nitrogen and oxygen atoms in total. The van der Waals surface area contributed by atoms with Crippen LogP contribution >= 0.6 is 69.6 Å². The summed E-state index contributed by atoms with van der Waals surface area (Å²) in [6.45, 7) is 0. The number of amides is 2. The van der Waals surface area contributed by atoms with Crippen molar-refractivity contribution in [1.82, 2.24) is 4.72 Å². The van der Waals surface area contributed by atoms with Gasteiger partial charge in [0.15, 0.2) is 0 Å². The molecule has 0 bridgehead atoms. The molecule has 1 aromatic rings. The molecule has 0 aliphatic heterocycles. The summed E-state index contributed by atoms with van der Waals surface area (Å²) in [5.74, 6) is -2.27. The molecule has 0 saturated carbocycles. The van der Waals surface area contributed by atoms with Crippen molar-refractivity contribution in [3.8, 4) is 0 Å². The lowest BCUT2D eigenvalue weighted by molar-refractivity contribution is -0.118. The number of carbonyl (C=O) groups is 2. The number of hydrogen-bond acceptors (Lipinski definition) is 4. The fraction of sp³-hybridized carbons (Fsp3) is 0.200. The number of rotatable bonds is 3. The monoisotopic (exact) mass is 460 g/mol. The van der Waals surface area contributed by atoms with Gasteiger partial charge in [0.05, 0.1) is 4.90 Å². The maximum absolute atomic E-state index is 11.9. The van der Waals surface area contributed by atoms with Crippen molar-refractivity contribution in [1.29, 1.82) is 0 Å². The van der Waals surface area contributed by atoms with Crippen molar-refractivity contribution in [3.05, 3.63) is 24.3 Å². The third-order valence-electron chi connectivity index (χ3n) is 2.16. The predicted octanol–water partition coefficient (Wildman–Crippen LogP) is 3.17. The van der Waals surface area contributed by atoms with Gasteiger partial charge >= 0.3 is 0 Å². The Labute approximate surface area is 161 Å². The van der Waals surface area contributed by atoms with Crippen LogP contribution in [0.15, 0.2) is 29.2 Å². The van der Waals surface area contributed by atoms with Crippen LogP contribution in [0.5, 0.6) is 0 Å². The lowest BCUT2D eigenvalue weighted by Crippen LogP contribution is -2.38. The molecule has 0 spiro atoms. The summed E-state index contributed by atoms with van der Waals surface area (Å²) in [5, 5.41) is 2.25. The van der Waals surface area contributed by atoms with Crippen LogP contribution in [0.2, 0.25) is 0 Å². The van der Waals surface area contributed by atoms with Gasteiger partial charge in [0.1, 0.15) is 0 Å². The van der Waals surface area contributed by atoms with Crippen molar-refractivity contribution >= 4 is 97.1 Å². The van der Waals surface area contributed by atoms with Crippen molar-refractivity contribution in [2.24, 2.45) is 0 Å².